The number of tetrazole rings is 1. The van der Waals surface area contributed by atoms with E-state index >= 15 is 0 Å². The summed E-state index contributed by atoms with van der Waals surface area (Å²) in [5.41, 5.74) is 0. The van der Waals surface area contributed by atoms with Gasteiger partial charge in [0.25, 0.3) is 0 Å². The van der Waals surface area contributed by atoms with E-state index in [2.05, 4.69) is 11.3 Å². The first-order chi connectivity index (χ1) is 6.95. The number of nitrogens with zero attached hydrogens (tertiary/aromatic N) is 3. The maximum absolute atomic E-state index is 3.19. The molecule has 0 atom stereocenters. The first kappa shape index (κ1) is 7.32. The fourth-order valence-corrected chi connectivity index (χ4v) is 1.55. The smallest absolute Gasteiger partial charge is 0.154 e. The van der Waals surface area contributed by atoms with Crippen molar-refractivity contribution < 1.29 is 0 Å². The molecule has 3 rings (SSSR count). The third-order valence-electron chi connectivity index (χ3n) is 2.19. The maximum atomic E-state index is 3.19. The van der Waals surface area contributed by atoms with Gasteiger partial charge in [0.05, 0.1) is 0 Å². The molecule has 4 nitrogen and oxygen atoms in total. The van der Waals surface area contributed by atoms with Gasteiger partial charge in [-0.15, -0.1) is 0 Å². The molecule has 0 saturated carbocycles. The summed E-state index contributed by atoms with van der Waals surface area (Å²) in [6.45, 7) is 0. The quantitative estimate of drug-likeness (QED) is 0.554. The van der Waals surface area contributed by atoms with Crippen LogP contribution in [0.5, 0.6) is 0 Å². The molecule has 0 saturated heterocycles. The Kier molecular flexibility index (Phi) is 1.41. The van der Waals surface area contributed by atoms with E-state index in [4.69, 9.17) is 0 Å². The molecule has 0 radical (unpaired) electrons. The highest BCUT2D eigenvalue weighted by atomic mass is 15.6. The van der Waals surface area contributed by atoms with Gasteiger partial charge in [-0.25, -0.2) is 14.4 Å². The van der Waals surface area contributed by atoms with Crippen molar-refractivity contribution in [3.63, 3.8) is 0 Å². The molecule has 1 aromatic rings. The number of fused-ring (bicyclic) bond motifs is 3. The van der Waals surface area contributed by atoms with Gasteiger partial charge in [-0.05, 0) is 24.3 Å². The van der Waals surface area contributed by atoms with Gasteiger partial charge in [-0.1, -0.05) is 12.1 Å². The average molecular weight is 186 g/mol. The zero-order valence-corrected chi connectivity index (χ0v) is 7.54. The van der Waals surface area contributed by atoms with Gasteiger partial charge < -0.3 is 0 Å². The summed E-state index contributed by atoms with van der Waals surface area (Å²) >= 11 is 0. The normalized spacial score (nSPS) is 10.9. The fraction of sp³-hybridized carbons (Fsp3) is 0. The minimum Gasteiger partial charge on any atom is -0.229 e. The molecular weight excluding hydrogens is 176 g/mol. The molecular formula is C10H10N4. The zero-order chi connectivity index (χ0) is 9.38. The van der Waals surface area contributed by atoms with Crippen molar-refractivity contribution >= 4 is 0 Å². The number of hydrogen-bond acceptors (Lipinski definition) is 0. The van der Waals surface area contributed by atoms with Crippen LogP contribution in [0, 0.1) is 0 Å². The topological polar surface area (TPSA) is 29.5 Å². The van der Waals surface area contributed by atoms with Crippen molar-refractivity contribution in [1.82, 2.24) is 19.0 Å². The SMILES string of the molecule is c1ccc2n3ccccn3[nH]n-2cc1. The molecule has 0 aliphatic carbocycles. The number of aromatic amines is 1. The molecule has 4 heteroatoms. The van der Waals surface area contributed by atoms with Crippen molar-refractivity contribution in [2.24, 2.45) is 0 Å². The zero-order valence-electron chi connectivity index (χ0n) is 7.54. The molecule has 0 spiro atoms. The monoisotopic (exact) mass is 186 g/mol. The van der Waals surface area contributed by atoms with Gasteiger partial charge in [0.15, 0.2) is 5.82 Å². The van der Waals surface area contributed by atoms with E-state index in [0.717, 1.165) is 5.82 Å². The number of aromatic nitrogens is 4. The van der Waals surface area contributed by atoms with E-state index < -0.39 is 0 Å². The Labute approximate surface area is 80.6 Å². The molecule has 2 aliphatic rings. The molecule has 0 bridgehead atoms. The number of nitrogens with one attached hydrogen (secondary N) is 1. The van der Waals surface area contributed by atoms with Crippen LogP contribution in [0.25, 0.3) is 5.82 Å². The predicted molar refractivity (Wildman–Crippen MR) is 53.3 cm³/mol. The van der Waals surface area contributed by atoms with Crippen LogP contribution in [0.15, 0.2) is 55.0 Å². The van der Waals surface area contributed by atoms with E-state index in [1.54, 1.807) is 0 Å². The van der Waals surface area contributed by atoms with Gasteiger partial charge >= 0.3 is 0 Å². The molecule has 0 aromatic carbocycles. The van der Waals surface area contributed by atoms with Crippen LogP contribution in [0.1, 0.15) is 0 Å². The van der Waals surface area contributed by atoms with Crippen LogP contribution in [0.2, 0.25) is 0 Å². The number of hydrogen-bond donors (Lipinski definition) is 1. The Hall–Kier alpha value is -2.10. The Balaban J connectivity index is 2.52. The van der Waals surface area contributed by atoms with Crippen LogP contribution in [0.4, 0.5) is 0 Å². The van der Waals surface area contributed by atoms with Gasteiger partial charge in [-0.3, -0.25) is 0 Å². The second-order valence-corrected chi connectivity index (χ2v) is 3.09. The van der Waals surface area contributed by atoms with Crippen LogP contribution >= 0.6 is 0 Å². The fourth-order valence-electron chi connectivity index (χ4n) is 1.55. The van der Waals surface area contributed by atoms with E-state index in [0.29, 0.717) is 0 Å². The van der Waals surface area contributed by atoms with Crippen LogP contribution in [0.3, 0.4) is 0 Å². The van der Waals surface area contributed by atoms with E-state index in [9.17, 15) is 0 Å². The minimum atomic E-state index is 1.08. The molecule has 2 aliphatic heterocycles. The largest absolute Gasteiger partial charge is 0.229 e. The molecule has 14 heavy (non-hydrogen) atoms. The van der Waals surface area contributed by atoms with Gasteiger partial charge in [-0.2, -0.15) is 4.63 Å². The Morgan fingerprint density at radius 2 is 1.71 bits per heavy atom. The summed E-state index contributed by atoms with van der Waals surface area (Å²) in [6, 6.07) is 12.0. The summed E-state index contributed by atoms with van der Waals surface area (Å²) in [5.74, 6) is 1.08. The van der Waals surface area contributed by atoms with Crippen molar-refractivity contribution in [1.29, 1.82) is 0 Å². The predicted octanol–water partition coefficient (Wildman–Crippen LogP) is 1.72. The summed E-state index contributed by atoms with van der Waals surface area (Å²) < 4.78 is 5.90. The first-order valence-corrected chi connectivity index (χ1v) is 4.49. The average Bonchev–Trinajstić information content (AvgIpc) is 2.42. The van der Waals surface area contributed by atoms with Crippen molar-refractivity contribution in [2.75, 3.05) is 0 Å². The summed E-state index contributed by atoms with van der Waals surface area (Å²) in [5, 5.41) is 3.19. The molecule has 1 N–H and O–H groups in total. The Bertz CT molecular complexity index is 564. The van der Waals surface area contributed by atoms with E-state index in [-0.39, 0.29) is 0 Å². The van der Waals surface area contributed by atoms with Crippen molar-refractivity contribution in [3.8, 4) is 5.82 Å². The molecule has 70 valence electrons. The first-order valence-electron chi connectivity index (χ1n) is 4.49. The standard InChI is InChI=1S/C10H10N4/c1-2-6-10-12(7-3-1)11-14-9-5-4-8-13(10)14/h1-9,11H. The van der Waals surface area contributed by atoms with Gasteiger partial charge in [0, 0.05) is 18.6 Å². The summed E-state index contributed by atoms with van der Waals surface area (Å²) in [7, 11) is 0. The second-order valence-electron chi connectivity index (χ2n) is 3.09. The van der Waals surface area contributed by atoms with E-state index in [1.165, 1.54) is 0 Å². The minimum absolute atomic E-state index is 1.08. The lowest BCUT2D eigenvalue weighted by atomic mass is 10.5. The molecule has 0 unspecified atom stereocenters. The van der Waals surface area contributed by atoms with Crippen molar-refractivity contribution in [2.45, 2.75) is 0 Å². The highest BCUT2D eigenvalue weighted by molar-refractivity contribution is 5.21. The van der Waals surface area contributed by atoms with Crippen LogP contribution < -0.4 is 0 Å². The second kappa shape index (κ2) is 2.70. The lowest BCUT2D eigenvalue weighted by Crippen LogP contribution is -1.95. The highest BCUT2D eigenvalue weighted by Gasteiger charge is 2.01. The van der Waals surface area contributed by atoms with E-state index in [1.807, 2.05) is 62.7 Å². The van der Waals surface area contributed by atoms with Crippen molar-refractivity contribution in [3.05, 3.63) is 55.0 Å². The van der Waals surface area contributed by atoms with Crippen LogP contribution in [-0.2, 0) is 0 Å². The third-order valence-corrected chi connectivity index (χ3v) is 2.19. The van der Waals surface area contributed by atoms with Gasteiger partial charge in [0.1, 0.15) is 0 Å². The molecule has 0 amide bonds. The Morgan fingerprint density at radius 3 is 2.71 bits per heavy atom. The summed E-state index contributed by atoms with van der Waals surface area (Å²) in [4.78, 5) is 0. The molecule has 1 aromatic heterocycles. The number of H-pyrrole nitrogens is 1. The summed E-state index contributed by atoms with van der Waals surface area (Å²) in [6.07, 6.45) is 5.95. The van der Waals surface area contributed by atoms with Gasteiger partial charge in [0.2, 0.25) is 0 Å². The maximum Gasteiger partial charge on any atom is 0.154 e. The highest BCUT2D eigenvalue weighted by Crippen LogP contribution is 2.05. The lowest BCUT2D eigenvalue weighted by Gasteiger charge is -1.95. The molecule has 3 heterocycles. The Morgan fingerprint density at radius 1 is 0.857 bits per heavy atom. The third kappa shape index (κ3) is 0.939. The molecule has 0 fully saturated rings. The van der Waals surface area contributed by atoms with Crippen LogP contribution in [-0.4, -0.2) is 19.0 Å². The lowest BCUT2D eigenvalue weighted by molar-refractivity contribution is 0.688. The number of rotatable bonds is 0.